The molecule has 1 aliphatic heterocycles. The van der Waals surface area contributed by atoms with Gasteiger partial charge in [0.15, 0.2) is 0 Å². The molecule has 2 fully saturated rings. The molecule has 1 N–H and O–H groups in total. The van der Waals surface area contributed by atoms with Gasteiger partial charge in [0, 0.05) is 23.3 Å². The highest BCUT2D eigenvalue weighted by molar-refractivity contribution is 6.30. The number of carbonyl (C=O) groups excluding carboxylic acids is 1. The fourth-order valence-corrected chi connectivity index (χ4v) is 4.65. The Morgan fingerprint density at radius 2 is 2.10 bits per heavy atom. The number of nitrogens with zero attached hydrogens (tertiary/aromatic N) is 1. The van der Waals surface area contributed by atoms with Crippen molar-refractivity contribution in [2.75, 3.05) is 11.9 Å². The molecule has 1 aromatic carbocycles. The first kappa shape index (κ1) is 14.7. The first-order chi connectivity index (χ1) is 9.76. The average Bonchev–Trinajstić information content (AvgIpc) is 2.58. The molecule has 21 heavy (non-hydrogen) atoms. The lowest BCUT2D eigenvalue weighted by molar-refractivity contribution is 0.130. The Morgan fingerprint density at radius 3 is 2.81 bits per heavy atom. The highest BCUT2D eigenvalue weighted by Crippen LogP contribution is 2.52. The SMILES string of the molecule is CC1(C)C[C@H]2C[C@@](C)(CN2C(=O)Nc2cccc(Cl)c2)C1. The van der Waals surface area contributed by atoms with Crippen LogP contribution in [0.15, 0.2) is 24.3 Å². The summed E-state index contributed by atoms with van der Waals surface area (Å²) >= 11 is 5.97. The molecule has 0 aromatic heterocycles. The maximum absolute atomic E-state index is 12.6. The average molecular weight is 307 g/mol. The number of fused-ring (bicyclic) bond motifs is 2. The van der Waals surface area contributed by atoms with Gasteiger partial charge in [0.2, 0.25) is 0 Å². The number of hydrogen-bond donors (Lipinski definition) is 1. The van der Waals surface area contributed by atoms with Crippen LogP contribution in [0.5, 0.6) is 0 Å². The van der Waals surface area contributed by atoms with Crippen LogP contribution >= 0.6 is 11.6 Å². The topological polar surface area (TPSA) is 32.3 Å². The third kappa shape index (κ3) is 3.03. The predicted octanol–water partition coefficient (Wildman–Crippen LogP) is 4.77. The van der Waals surface area contributed by atoms with Crippen molar-refractivity contribution in [2.45, 2.75) is 46.1 Å². The molecular weight excluding hydrogens is 284 g/mol. The Kier molecular flexibility index (Phi) is 3.44. The second-order valence-corrected chi connectivity index (χ2v) is 8.22. The standard InChI is InChI=1S/C17H23ClN2O/c1-16(2)8-14-9-17(3,10-16)11-20(14)15(21)19-13-6-4-5-12(18)7-13/h4-7,14H,8-11H2,1-3H3,(H,19,21)/t14-,17+/m0/s1. The molecule has 1 aliphatic carbocycles. The van der Waals surface area contributed by atoms with E-state index in [0.717, 1.165) is 25.1 Å². The summed E-state index contributed by atoms with van der Waals surface area (Å²) in [6.07, 6.45) is 3.41. The second-order valence-electron chi connectivity index (χ2n) is 7.78. The van der Waals surface area contributed by atoms with Crippen LogP contribution in [0.2, 0.25) is 5.02 Å². The number of hydrogen-bond acceptors (Lipinski definition) is 1. The molecule has 0 unspecified atom stereocenters. The summed E-state index contributed by atoms with van der Waals surface area (Å²) in [5.74, 6) is 0. The van der Waals surface area contributed by atoms with Crippen LogP contribution < -0.4 is 5.32 Å². The van der Waals surface area contributed by atoms with E-state index in [1.54, 1.807) is 6.07 Å². The van der Waals surface area contributed by atoms with Crippen molar-refractivity contribution in [2.24, 2.45) is 10.8 Å². The summed E-state index contributed by atoms with van der Waals surface area (Å²) in [6, 6.07) is 7.68. The van der Waals surface area contributed by atoms with Crippen molar-refractivity contribution in [1.29, 1.82) is 0 Å². The lowest BCUT2D eigenvalue weighted by Gasteiger charge is -2.39. The zero-order valence-electron chi connectivity index (χ0n) is 12.9. The third-order valence-corrected chi connectivity index (χ3v) is 4.99. The van der Waals surface area contributed by atoms with E-state index in [9.17, 15) is 4.79 Å². The first-order valence-corrected chi connectivity index (χ1v) is 7.97. The number of amides is 2. The van der Waals surface area contributed by atoms with Crippen LogP contribution in [0.4, 0.5) is 10.5 Å². The van der Waals surface area contributed by atoms with Crippen molar-refractivity contribution in [3.05, 3.63) is 29.3 Å². The van der Waals surface area contributed by atoms with Gasteiger partial charge in [-0.05, 0) is 48.3 Å². The molecule has 2 bridgehead atoms. The molecule has 1 saturated carbocycles. The molecule has 3 nitrogen and oxygen atoms in total. The second kappa shape index (κ2) is 4.91. The van der Waals surface area contributed by atoms with Crippen LogP contribution in [0.1, 0.15) is 40.0 Å². The van der Waals surface area contributed by atoms with Crippen LogP contribution in [0.3, 0.4) is 0 Å². The molecule has 2 aliphatic rings. The number of halogens is 1. The van der Waals surface area contributed by atoms with E-state index >= 15 is 0 Å². The molecule has 2 atom stereocenters. The number of benzene rings is 1. The van der Waals surface area contributed by atoms with Gasteiger partial charge in [0.25, 0.3) is 0 Å². The van der Waals surface area contributed by atoms with Gasteiger partial charge >= 0.3 is 6.03 Å². The molecular formula is C17H23ClN2O. The van der Waals surface area contributed by atoms with Crippen molar-refractivity contribution < 1.29 is 4.79 Å². The maximum atomic E-state index is 12.6. The Morgan fingerprint density at radius 1 is 1.33 bits per heavy atom. The van der Waals surface area contributed by atoms with E-state index in [-0.39, 0.29) is 11.4 Å². The van der Waals surface area contributed by atoms with E-state index in [1.807, 2.05) is 23.1 Å². The number of carbonyl (C=O) groups is 1. The normalized spacial score (nSPS) is 30.3. The summed E-state index contributed by atoms with van der Waals surface area (Å²) in [7, 11) is 0. The zero-order valence-corrected chi connectivity index (χ0v) is 13.7. The minimum atomic E-state index is 0.00342. The Balaban J connectivity index is 1.74. The Hall–Kier alpha value is -1.22. The number of urea groups is 1. The summed E-state index contributed by atoms with van der Waals surface area (Å²) in [5, 5.41) is 3.62. The summed E-state index contributed by atoms with van der Waals surface area (Å²) in [6.45, 7) is 7.80. The van der Waals surface area contributed by atoms with Gasteiger partial charge in [0.05, 0.1) is 0 Å². The lowest BCUT2D eigenvalue weighted by atomic mass is 9.65. The highest BCUT2D eigenvalue weighted by atomic mass is 35.5. The van der Waals surface area contributed by atoms with Gasteiger partial charge in [-0.25, -0.2) is 4.79 Å². The van der Waals surface area contributed by atoms with E-state index in [0.29, 0.717) is 16.5 Å². The Labute approximate surface area is 131 Å². The van der Waals surface area contributed by atoms with Crippen molar-refractivity contribution in [1.82, 2.24) is 4.90 Å². The number of nitrogens with one attached hydrogen (secondary N) is 1. The Bertz CT molecular complexity index is 572. The summed E-state index contributed by atoms with van der Waals surface area (Å²) < 4.78 is 0. The van der Waals surface area contributed by atoms with Gasteiger partial charge in [-0.3, -0.25) is 0 Å². The third-order valence-electron chi connectivity index (χ3n) is 4.75. The van der Waals surface area contributed by atoms with E-state index < -0.39 is 0 Å². The first-order valence-electron chi connectivity index (χ1n) is 7.60. The monoisotopic (exact) mass is 306 g/mol. The quantitative estimate of drug-likeness (QED) is 0.796. The molecule has 0 spiro atoms. The van der Waals surface area contributed by atoms with Gasteiger partial charge in [-0.15, -0.1) is 0 Å². The van der Waals surface area contributed by atoms with E-state index in [2.05, 4.69) is 26.1 Å². The number of rotatable bonds is 1. The predicted molar refractivity (Wildman–Crippen MR) is 86.7 cm³/mol. The van der Waals surface area contributed by atoms with Gasteiger partial charge in [-0.1, -0.05) is 38.4 Å². The van der Waals surface area contributed by atoms with Crippen LogP contribution in [-0.2, 0) is 0 Å². The van der Waals surface area contributed by atoms with E-state index in [1.165, 1.54) is 6.42 Å². The lowest BCUT2D eigenvalue weighted by Crippen LogP contribution is -2.40. The fourth-order valence-electron chi connectivity index (χ4n) is 4.46. The minimum absolute atomic E-state index is 0.00342. The molecule has 3 rings (SSSR count). The molecule has 2 amide bonds. The largest absolute Gasteiger partial charge is 0.322 e. The van der Waals surface area contributed by atoms with Crippen molar-refractivity contribution in [3.8, 4) is 0 Å². The molecule has 1 heterocycles. The number of likely N-dealkylation sites (tertiary alicyclic amines) is 1. The molecule has 0 radical (unpaired) electrons. The molecule has 1 saturated heterocycles. The summed E-state index contributed by atoms with van der Waals surface area (Å²) in [5.41, 5.74) is 1.35. The summed E-state index contributed by atoms with van der Waals surface area (Å²) in [4.78, 5) is 14.6. The van der Waals surface area contributed by atoms with Gasteiger partial charge < -0.3 is 10.2 Å². The van der Waals surface area contributed by atoms with Crippen LogP contribution in [0, 0.1) is 10.8 Å². The molecule has 1 aromatic rings. The minimum Gasteiger partial charge on any atom is -0.321 e. The molecule has 4 heteroatoms. The molecule has 114 valence electrons. The maximum Gasteiger partial charge on any atom is 0.322 e. The van der Waals surface area contributed by atoms with Crippen molar-refractivity contribution in [3.63, 3.8) is 0 Å². The van der Waals surface area contributed by atoms with Gasteiger partial charge in [-0.2, -0.15) is 0 Å². The zero-order chi connectivity index (χ0) is 15.3. The number of anilines is 1. The van der Waals surface area contributed by atoms with Gasteiger partial charge in [0.1, 0.15) is 0 Å². The van der Waals surface area contributed by atoms with Crippen LogP contribution in [0.25, 0.3) is 0 Å². The van der Waals surface area contributed by atoms with E-state index in [4.69, 9.17) is 11.6 Å². The fraction of sp³-hybridized carbons (Fsp3) is 0.588. The van der Waals surface area contributed by atoms with Crippen LogP contribution in [-0.4, -0.2) is 23.5 Å². The highest BCUT2D eigenvalue weighted by Gasteiger charge is 2.50. The van der Waals surface area contributed by atoms with Crippen molar-refractivity contribution >= 4 is 23.3 Å². The smallest absolute Gasteiger partial charge is 0.321 e.